The van der Waals surface area contributed by atoms with Gasteiger partial charge in [0, 0.05) is 43.3 Å². The maximum atomic E-state index is 14.7. The second-order valence-corrected chi connectivity index (χ2v) is 9.34. The van der Waals surface area contributed by atoms with Gasteiger partial charge in [0.15, 0.2) is 0 Å². The van der Waals surface area contributed by atoms with Crippen LogP contribution in [0.4, 0.5) is 13.6 Å². The molecular formula is C24H35F2N3O. The topological polar surface area (TPSA) is 26.8 Å². The fraction of sp³-hybridized carbons (Fsp3) is 0.708. The van der Waals surface area contributed by atoms with E-state index in [0.29, 0.717) is 18.2 Å². The molecule has 0 bridgehead atoms. The fourth-order valence-corrected chi connectivity index (χ4v) is 5.62. The number of nitrogens with zero attached hydrogens (tertiary/aromatic N) is 3. The Bertz CT molecular complexity index is 744. The molecule has 2 unspecified atom stereocenters. The van der Waals surface area contributed by atoms with Gasteiger partial charge < -0.3 is 14.7 Å². The summed E-state index contributed by atoms with van der Waals surface area (Å²) >= 11 is 0. The number of piperidine rings is 1. The van der Waals surface area contributed by atoms with Crippen LogP contribution in [0, 0.1) is 11.6 Å². The third-order valence-corrected chi connectivity index (χ3v) is 7.61. The van der Waals surface area contributed by atoms with E-state index in [1.54, 1.807) is 0 Å². The Morgan fingerprint density at radius 3 is 2.40 bits per heavy atom. The summed E-state index contributed by atoms with van der Waals surface area (Å²) in [5.74, 6) is -0.858. The van der Waals surface area contributed by atoms with Crippen molar-refractivity contribution in [2.75, 3.05) is 19.6 Å². The van der Waals surface area contributed by atoms with Crippen LogP contribution in [0.5, 0.6) is 0 Å². The highest BCUT2D eigenvalue weighted by Crippen LogP contribution is 2.39. The number of halogens is 2. The van der Waals surface area contributed by atoms with Gasteiger partial charge in [-0.15, -0.1) is 0 Å². The molecule has 2 amide bonds. The first-order valence-electron chi connectivity index (χ1n) is 11.8. The average Bonchev–Trinajstić information content (AvgIpc) is 3.12. The van der Waals surface area contributed by atoms with E-state index in [2.05, 4.69) is 18.7 Å². The van der Waals surface area contributed by atoms with E-state index < -0.39 is 17.7 Å². The lowest BCUT2D eigenvalue weighted by atomic mass is 9.94. The first-order chi connectivity index (χ1) is 14.5. The highest BCUT2D eigenvalue weighted by atomic mass is 19.1. The lowest BCUT2D eigenvalue weighted by Gasteiger charge is -2.41. The van der Waals surface area contributed by atoms with Crippen molar-refractivity contribution < 1.29 is 13.6 Å². The predicted octanol–water partition coefficient (Wildman–Crippen LogP) is 5.34. The second kappa shape index (κ2) is 9.21. The smallest absolute Gasteiger partial charge is 0.319 e. The molecule has 6 heteroatoms. The lowest BCUT2D eigenvalue weighted by Crippen LogP contribution is -2.50. The Labute approximate surface area is 179 Å². The molecule has 166 valence electrons. The van der Waals surface area contributed by atoms with Crippen molar-refractivity contribution in [2.24, 2.45) is 0 Å². The van der Waals surface area contributed by atoms with E-state index in [1.165, 1.54) is 18.6 Å². The maximum absolute atomic E-state index is 14.7. The quantitative estimate of drug-likeness (QED) is 0.644. The third-order valence-electron chi connectivity index (χ3n) is 7.61. The summed E-state index contributed by atoms with van der Waals surface area (Å²) in [6.45, 7) is 6.81. The summed E-state index contributed by atoms with van der Waals surface area (Å²) < 4.78 is 28.7. The molecule has 2 aliphatic heterocycles. The molecule has 0 aromatic heterocycles. The summed E-state index contributed by atoms with van der Waals surface area (Å²) in [7, 11) is 0. The molecule has 2 atom stereocenters. The van der Waals surface area contributed by atoms with Crippen molar-refractivity contribution in [3.8, 4) is 0 Å². The lowest BCUT2D eigenvalue weighted by molar-refractivity contribution is 0.0907. The van der Waals surface area contributed by atoms with Crippen LogP contribution >= 0.6 is 0 Å². The predicted molar refractivity (Wildman–Crippen MR) is 114 cm³/mol. The van der Waals surface area contributed by atoms with Gasteiger partial charge in [0.05, 0.1) is 6.04 Å². The summed E-state index contributed by atoms with van der Waals surface area (Å²) in [5, 5.41) is 0. The Hall–Kier alpha value is -1.69. The molecule has 0 N–H and O–H groups in total. The van der Waals surface area contributed by atoms with E-state index in [0.717, 1.165) is 64.1 Å². The molecule has 3 aliphatic rings. The molecule has 1 aromatic carbocycles. The van der Waals surface area contributed by atoms with Gasteiger partial charge in [0.25, 0.3) is 0 Å². The summed E-state index contributed by atoms with van der Waals surface area (Å²) in [4.78, 5) is 19.9. The SMILES string of the molecule is CCC(C)N1CCC(N2C(=O)N(C3CCCCC3)CC2c2cc(F)ccc2F)CC1. The zero-order chi connectivity index (χ0) is 21.3. The number of hydrogen-bond donors (Lipinski definition) is 0. The van der Waals surface area contributed by atoms with Crippen molar-refractivity contribution in [1.82, 2.24) is 14.7 Å². The number of urea groups is 1. The molecule has 1 aliphatic carbocycles. The fourth-order valence-electron chi connectivity index (χ4n) is 5.62. The Balaban J connectivity index is 1.59. The zero-order valence-corrected chi connectivity index (χ0v) is 18.3. The molecule has 3 fully saturated rings. The second-order valence-electron chi connectivity index (χ2n) is 9.34. The molecular weight excluding hydrogens is 384 g/mol. The molecule has 2 saturated heterocycles. The normalized spacial score (nSPS) is 25.9. The zero-order valence-electron chi connectivity index (χ0n) is 18.3. The molecule has 1 aromatic rings. The Kier molecular flexibility index (Phi) is 6.61. The number of hydrogen-bond acceptors (Lipinski definition) is 2. The number of rotatable bonds is 5. The number of benzene rings is 1. The molecule has 4 nitrogen and oxygen atoms in total. The van der Waals surface area contributed by atoms with E-state index in [-0.39, 0.29) is 18.1 Å². The minimum absolute atomic E-state index is 0.0255. The van der Waals surface area contributed by atoms with Crippen LogP contribution in [0.25, 0.3) is 0 Å². The summed E-state index contributed by atoms with van der Waals surface area (Å²) in [6, 6.07) is 4.11. The van der Waals surface area contributed by atoms with Crippen LogP contribution in [0.2, 0.25) is 0 Å². The number of carbonyl (C=O) groups excluding carboxylic acids is 1. The average molecular weight is 420 g/mol. The van der Waals surface area contributed by atoms with Crippen molar-refractivity contribution in [1.29, 1.82) is 0 Å². The largest absolute Gasteiger partial charge is 0.321 e. The van der Waals surface area contributed by atoms with Crippen LogP contribution in [-0.2, 0) is 0 Å². The van der Waals surface area contributed by atoms with Gasteiger partial charge in [0.1, 0.15) is 11.6 Å². The van der Waals surface area contributed by atoms with Crippen LogP contribution in [0.15, 0.2) is 18.2 Å². The Morgan fingerprint density at radius 2 is 1.73 bits per heavy atom. The van der Waals surface area contributed by atoms with Gasteiger partial charge in [-0.25, -0.2) is 13.6 Å². The summed E-state index contributed by atoms with van der Waals surface area (Å²) in [5.41, 5.74) is 0.325. The number of likely N-dealkylation sites (tertiary alicyclic amines) is 1. The first kappa shape index (κ1) is 21.5. The van der Waals surface area contributed by atoms with Crippen molar-refractivity contribution in [3.63, 3.8) is 0 Å². The molecule has 30 heavy (non-hydrogen) atoms. The first-order valence-corrected chi connectivity index (χ1v) is 11.8. The molecule has 0 radical (unpaired) electrons. The van der Waals surface area contributed by atoms with Crippen LogP contribution in [0.3, 0.4) is 0 Å². The van der Waals surface area contributed by atoms with Gasteiger partial charge in [-0.3, -0.25) is 0 Å². The van der Waals surface area contributed by atoms with E-state index in [1.807, 2.05) is 9.80 Å². The third kappa shape index (κ3) is 4.20. The van der Waals surface area contributed by atoms with E-state index in [4.69, 9.17) is 0 Å². The minimum Gasteiger partial charge on any atom is -0.319 e. The molecule has 1 saturated carbocycles. The van der Waals surface area contributed by atoms with Crippen LogP contribution in [0.1, 0.15) is 76.8 Å². The van der Waals surface area contributed by atoms with Crippen LogP contribution < -0.4 is 0 Å². The van der Waals surface area contributed by atoms with Crippen molar-refractivity contribution in [3.05, 3.63) is 35.4 Å². The number of carbonyl (C=O) groups is 1. The van der Waals surface area contributed by atoms with Crippen LogP contribution in [-0.4, -0.2) is 58.5 Å². The standard InChI is InChI=1S/C24H35F2N3O/c1-3-17(2)27-13-11-20(12-14-27)29-23(21-15-18(25)9-10-22(21)26)16-28(24(29)30)19-7-5-4-6-8-19/h9-10,15,17,19-20,23H,3-8,11-14,16H2,1-2H3. The van der Waals surface area contributed by atoms with E-state index >= 15 is 0 Å². The highest BCUT2D eigenvalue weighted by Gasteiger charge is 2.46. The maximum Gasteiger partial charge on any atom is 0.321 e. The molecule has 2 heterocycles. The molecule has 4 rings (SSSR count). The highest BCUT2D eigenvalue weighted by molar-refractivity contribution is 5.78. The molecule has 0 spiro atoms. The van der Waals surface area contributed by atoms with Gasteiger partial charge in [-0.2, -0.15) is 0 Å². The van der Waals surface area contributed by atoms with Crippen molar-refractivity contribution >= 4 is 6.03 Å². The van der Waals surface area contributed by atoms with Gasteiger partial charge >= 0.3 is 6.03 Å². The minimum atomic E-state index is -0.443. The van der Waals surface area contributed by atoms with Gasteiger partial charge in [-0.1, -0.05) is 26.2 Å². The number of amides is 2. The van der Waals surface area contributed by atoms with E-state index in [9.17, 15) is 13.6 Å². The van der Waals surface area contributed by atoms with Gasteiger partial charge in [0.2, 0.25) is 0 Å². The monoisotopic (exact) mass is 419 g/mol. The van der Waals surface area contributed by atoms with Gasteiger partial charge in [-0.05, 0) is 57.2 Å². The van der Waals surface area contributed by atoms with Crippen molar-refractivity contribution in [2.45, 2.75) is 89.4 Å². The Morgan fingerprint density at radius 1 is 1.03 bits per heavy atom. The summed E-state index contributed by atoms with van der Waals surface area (Å²) in [6.07, 6.45) is 8.43.